The number of carbonyl (C=O) groups is 2. The Hall–Kier alpha value is -5.29. The lowest BCUT2D eigenvalue weighted by molar-refractivity contribution is -0.137. The molecule has 1 fully saturated rings. The van der Waals surface area contributed by atoms with Gasteiger partial charge >= 0.3 is 6.18 Å². The van der Waals surface area contributed by atoms with Gasteiger partial charge < -0.3 is 29.4 Å². The topological polar surface area (TPSA) is 156 Å². The van der Waals surface area contributed by atoms with Gasteiger partial charge in [-0.25, -0.2) is 9.97 Å². The molecule has 2 aliphatic heterocycles. The van der Waals surface area contributed by atoms with Gasteiger partial charge in [0.2, 0.25) is 11.7 Å². The van der Waals surface area contributed by atoms with Crippen molar-refractivity contribution in [3.63, 3.8) is 0 Å². The third kappa shape index (κ3) is 6.17. The number of aromatic nitrogens is 7. The van der Waals surface area contributed by atoms with Crippen LogP contribution in [0.15, 0.2) is 47.7 Å². The maximum absolute atomic E-state index is 14.2. The summed E-state index contributed by atoms with van der Waals surface area (Å²) in [7, 11) is 0. The van der Waals surface area contributed by atoms with E-state index in [0.717, 1.165) is 28.3 Å². The summed E-state index contributed by atoms with van der Waals surface area (Å²) in [6.45, 7) is 3.47. The number of hydrogen-bond acceptors (Lipinski definition) is 9. The number of halogens is 4. The van der Waals surface area contributed by atoms with Crippen molar-refractivity contribution < 1.29 is 27.5 Å². The predicted molar refractivity (Wildman–Crippen MR) is 177 cm³/mol. The van der Waals surface area contributed by atoms with Crippen molar-refractivity contribution in [3.05, 3.63) is 81.0 Å². The number of carbonyl (C=O) groups excluding carboxylic acids is 2. The minimum absolute atomic E-state index is 0.00432. The van der Waals surface area contributed by atoms with Crippen LogP contribution in [0.5, 0.6) is 0 Å². The molecule has 18 heteroatoms. The van der Waals surface area contributed by atoms with E-state index in [1.165, 1.54) is 6.33 Å². The second-order valence-corrected chi connectivity index (χ2v) is 12.1. The number of alkyl halides is 3. The first-order valence-electron chi connectivity index (χ1n) is 15.8. The zero-order chi connectivity index (χ0) is 35.2. The molecule has 0 bridgehead atoms. The molecule has 14 nitrogen and oxygen atoms in total. The van der Waals surface area contributed by atoms with E-state index in [4.69, 9.17) is 16.3 Å². The fraction of sp³-hybridized carbons (Fsp3) is 0.344. The van der Waals surface area contributed by atoms with E-state index >= 15 is 0 Å². The van der Waals surface area contributed by atoms with Gasteiger partial charge in [0.25, 0.3) is 11.5 Å². The van der Waals surface area contributed by atoms with E-state index in [1.807, 2.05) is 17.9 Å². The van der Waals surface area contributed by atoms with E-state index in [1.54, 1.807) is 21.7 Å². The van der Waals surface area contributed by atoms with E-state index in [-0.39, 0.29) is 47.7 Å². The Morgan fingerprint density at radius 1 is 1.12 bits per heavy atom. The van der Waals surface area contributed by atoms with Crippen LogP contribution in [0.1, 0.15) is 40.9 Å². The van der Waals surface area contributed by atoms with Crippen molar-refractivity contribution in [2.24, 2.45) is 0 Å². The number of aromatic amines is 1. The SMILES string of the molecule is CCc1c(N2CCN(C(=O)c3nccc4[nH]cnc34)CC2)c(=O)n2nc(C3=CCOCC3)nc2n1CC(=O)Nc1ccc(C(F)(F)F)cc1Cl. The zero-order valence-electron chi connectivity index (χ0n) is 26.6. The number of nitrogens with zero attached hydrogens (tertiary/aromatic N) is 8. The number of piperazine rings is 1. The first-order valence-corrected chi connectivity index (χ1v) is 16.2. The number of ether oxygens (including phenoxy) is 1. The van der Waals surface area contributed by atoms with Crippen LogP contribution in [-0.2, 0) is 28.7 Å². The summed E-state index contributed by atoms with van der Waals surface area (Å²) in [6.07, 6.45) is 1.12. The summed E-state index contributed by atoms with van der Waals surface area (Å²) in [6, 6.07) is 4.39. The van der Waals surface area contributed by atoms with Gasteiger partial charge in [0.1, 0.15) is 17.7 Å². The second kappa shape index (κ2) is 13.2. The van der Waals surface area contributed by atoms with Crippen LogP contribution in [0.4, 0.5) is 24.5 Å². The summed E-state index contributed by atoms with van der Waals surface area (Å²) in [5, 5.41) is 6.86. The minimum atomic E-state index is -4.60. The quantitative estimate of drug-likeness (QED) is 0.257. The van der Waals surface area contributed by atoms with Crippen LogP contribution in [0.3, 0.4) is 0 Å². The minimum Gasteiger partial charge on any atom is -0.377 e. The largest absolute Gasteiger partial charge is 0.416 e. The van der Waals surface area contributed by atoms with Crippen molar-refractivity contribution in [1.82, 2.24) is 39.0 Å². The van der Waals surface area contributed by atoms with E-state index in [0.29, 0.717) is 67.4 Å². The molecule has 0 atom stereocenters. The molecule has 1 aromatic carbocycles. The number of anilines is 2. The van der Waals surface area contributed by atoms with Crippen LogP contribution in [0.25, 0.3) is 22.4 Å². The normalized spacial score (nSPS) is 15.5. The number of pyridine rings is 1. The molecule has 0 unspecified atom stereocenters. The molecule has 0 aliphatic carbocycles. The van der Waals surface area contributed by atoms with Crippen LogP contribution in [0.2, 0.25) is 5.02 Å². The average Bonchev–Trinajstić information content (AvgIpc) is 3.78. The first-order chi connectivity index (χ1) is 24.0. The molecule has 1 saturated heterocycles. The second-order valence-electron chi connectivity index (χ2n) is 11.7. The first kappa shape index (κ1) is 33.2. The predicted octanol–water partition coefficient (Wildman–Crippen LogP) is 3.80. The molecule has 0 radical (unpaired) electrons. The van der Waals surface area contributed by atoms with Gasteiger partial charge in [-0.3, -0.25) is 14.4 Å². The fourth-order valence-corrected chi connectivity index (χ4v) is 6.46. The Bertz CT molecular complexity index is 2220. The molecule has 0 spiro atoms. The molecule has 7 rings (SSSR count). The molecule has 2 N–H and O–H groups in total. The maximum Gasteiger partial charge on any atom is 0.416 e. The summed E-state index contributed by atoms with van der Waals surface area (Å²) in [4.78, 5) is 60.8. The molecule has 260 valence electrons. The van der Waals surface area contributed by atoms with Crippen LogP contribution in [0, 0.1) is 0 Å². The molecule has 50 heavy (non-hydrogen) atoms. The Morgan fingerprint density at radius 3 is 2.62 bits per heavy atom. The van der Waals surface area contributed by atoms with Gasteiger partial charge in [-0.2, -0.15) is 22.7 Å². The summed E-state index contributed by atoms with van der Waals surface area (Å²) in [5.41, 5.74) is 1.59. The Kier molecular flexibility index (Phi) is 8.77. The molecule has 4 aromatic heterocycles. The third-order valence-electron chi connectivity index (χ3n) is 8.71. The van der Waals surface area contributed by atoms with Gasteiger partial charge in [-0.1, -0.05) is 24.6 Å². The maximum atomic E-state index is 14.2. The van der Waals surface area contributed by atoms with E-state index < -0.39 is 23.2 Å². The number of hydrogen-bond donors (Lipinski definition) is 2. The number of amides is 2. The van der Waals surface area contributed by atoms with Gasteiger partial charge in [-0.15, -0.1) is 5.10 Å². The molecule has 2 amide bonds. The van der Waals surface area contributed by atoms with Crippen molar-refractivity contribution in [3.8, 4) is 0 Å². The lowest BCUT2D eigenvalue weighted by atomic mass is 10.1. The lowest BCUT2D eigenvalue weighted by Crippen LogP contribution is -2.51. The van der Waals surface area contributed by atoms with E-state index in [2.05, 4.69) is 30.4 Å². The number of rotatable bonds is 7. The standard InChI is InChI=1S/C32H30ClF3N10O4/c1-2-23-27(43-9-11-44(12-10-43)29(48)26-25-22(5-8-37-26)38-17-39-25)30(49)46-31(41-28(42-46)18-6-13-50-14-7-18)45(23)16-24(47)40-21-4-3-19(15-20(21)33)32(34,35)36/h3-6,8,15,17H,2,7,9-14,16H2,1H3,(H,38,39)(H,40,47). The average molecular weight is 711 g/mol. The van der Waals surface area contributed by atoms with Crippen molar-refractivity contribution in [1.29, 1.82) is 0 Å². The fourth-order valence-electron chi connectivity index (χ4n) is 6.23. The molecule has 2 aliphatic rings. The number of nitrogens with one attached hydrogen (secondary N) is 2. The Morgan fingerprint density at radius 2 is 1.92 bits per heavy atom. The van der Waals surface area contributed by atoms with Crippen molar-refractivity contribution in [2.75, 3.05) is 49.6 Å². The zero-order valence-corrected chi connectivity index (χ0v) is 27.4. The highest BCUT2D eigenvalue weighted by Crippen LogP contribution is 2.34. The molecular formula is C32H30ClF3N10O4. The number of H-pyrrole nitrogens is 1. The summed E-state index contributed by atoms with van der Waals surface area (Å²) in [5.74, 6) is -0.447. The van der Waals surface area contributed by atoms with Crippen LogP contribution >= 0.6 is 11.6 Å². The summed E-state index contributed by atoms with van der Waals surface area (Å²) >= 11 is 6.12. The molecule has 6 heterocycles. The summed E-state index contributed by atoms with van der Waals surface area (Å²) < 4.78 is 47.7. The molecule has 5 aromatic rings. The van der Waals surface area contributed by atoms with Crippen molar-refractivity contribution >= 4 is 57.2 Å². The Balaban J connectivity index is 1.22. The smallest absolute Gasteiger partial charge is 0.377 e. The van der Waals surface area contributed by atoms with Crippen LogP contribution < -0.4 is 15.8 Å². The van der Waals surface area contributed by atoms with Gasteiger partial charge in [0.05, 0.1) is 47.0 Å². The van der Waals surface area contributed by atoms with Gasteiger partial charge in [-0.05, 0) is 42.7 Å². The number of fused-ring (bicyclic) bond motifs is 2. The highest BCUT2D eigenvalue weighted by atomic mass is 35.5. The highest BCUT2D eigenvalue weighted by molar-refractivity contribution is 6.33. The monoisotopic (exact) mass is 710 g/mol. The highest BCUT2D eigenvalue weighted by Gasteiger charge is 2.32. The Labute approximate surface area is 286 Å². The lowest BCUT2D eigenvalue weighted by Gasteiger charge is -2.36. The van der Waals surface area contributed by atoms with Crippen molar-refractivity contribution in [2.45, 2.75) is 32.5 Å². The van der Waals surface area contributed by atoms with Gasteiger partial charge in [0.15, 0.2) is 11.5 Å². The number of imidazole rings is 1. The number of benzene rings is 1. The van der Waals surface area contributed by atoms with Gasteiger partial charge in [0, 0.05) is 32.4 Å². The third-order valence-corrected chi connectivity index (χ3v) is 9.02. The molecule has 0 saturated carbocycles. The van der Waals surface area contributed by atoms with E-state index in [9.17, 15) is 27.6 Å². The van der Waals surface area contributed by atoms with Crippen LogP contribution in [-0.4, -0.2) is 90.2 Å². The molecular weight excluding hydrogens is 681 g/mol.